The second-order valence-corrected chi connectivity index (χ2v) is 2.20. The van der Waals surface area contributed by atoms with Gasteiger partial charge in [0.1, 0.15) is 0 Å². The van der Waals surface area contributed by atoms with Gasteiger partial charge in [0.25, 0.3) is 0 Å². The number of rotatable bonds is 1. The highest BCUT2D eigenvalue weighted by Crippen LogP contribution is 2.36. The van der Waals surface area contributed by atoms with Crippen molar-refractivity contribution < 1.29 is 5.11 Å². The van der Waals surface area contributed by atoms with E-state index in [9.17, 15) is 0 Å². The van der Waals surface area contributed by atoms with Gasteiger partial charge in [-0.15, -0.1) is 6.42 Å². The summed E-state index contributed by atoms with van der Waals surface area (Å²) in [5.74, 6) is 8.43. The minimum Gasteiger partial charge on any atom is -0.396 e. The summed E-state index contributed by atoms with van der Waals surface area (Å²) in [5, 5.41) is 8.56. The predicted octanol–water partition coefficient (Wildman–Crippen LogP) is 0.251. The molecule has 1 N–H and O–H groups in total. The smallest absolute Gasteiger partial charge is 0.0471 e. The highest BCUT2D eigenvalue weighted by atomic mass is 16.3. The third kappa shape index (κ3) is 1.49. The largest absolute Gasteiger partial charge is 0.396 e. The lowest BCUT2D eigenvalue weighted by Crippen LogP contribution is -1.85. The fourth-order valence-electron chi connectivity index (χ4n) is 0.761. The summed E-state index contributed by atoms with van der Waals surface area (Å²) < 4.78 is 0. The molecule has 0 spiro atoms. The van der Waals surface area contributed by atoms with Crippen LogP contribution in [-0.2, 0) is 0 Å². The van der Waals surface area contributed by atoms with Crippen LogP contribution < -0.4 is 0 Å². The van der Waals surface area contributed by atoms with Crippen LogP contribution in [0.1, 0.15) is 6.42 Å². The van der Waals surface area contributed by atoms with Crippen molar-refractivity contribution in [3.8, 4) is 24.2 Å². The van der Waals surface area contributed by atoms with Crippen molar-refractivity contribution in [2.75, 3.05) is 6.61 Å². The normalized spacial score (nSPS) is 29.8. The van der Waals surface area contributed by atoms with E-state index in [1.54, 1.807) is 0 Å². The first-order valence-corrected chi connectivity index (χ1v) is 2.95. The lowest BCUT2D eigenvalue weighted by molar-refractivity contribution is 0.273. The Labute approximate surface area is 55.1 Å². The Hall–Kier alpha value is -0.920. The predicted molar refractivity (Wildman–Crippen MR) is 35.3 cm³/mol. The first kappa shape index (κ1) is 6.20. The Kier molecular flexibility index (Phi) is 1.78. The van der Waals surface area contributed by atoms with E-state index in [-0.39, 0.29) is 6.61 Å². The second-order valence-electron chi connectivity index (χ2n) is 2.20. The monoisotopic (exact) mass is 120 g/mol. The van der Waals surface area contributed by atoms with Crippen LogP contribution in [-0.4, -0.2) is 11.7 Å². The van der Waals surface area contributed by atoms with Crippen molar-refractivity contribution in [3.63, 3.8) is 0 Å². The molecule has 1 aliphatic rings. The first-order chi connectivity index (χ1) is 4.38. The van der Waals surface area contributed by atoms with Gasteiger partial charge in [-0.25, -0.2) is 0 Å². The van der Waals surface area contributed by atoms with Crippen LogP contribution in [0.25, 0.3) is 0 Å². The van der Waals surface area contributed by atoms with E-state index in [0.29, 0.717) is 11.8 Å². The zero-order valence-corrected chi connectivity index (χ0v) is 5.09. The van der Waals surface area contributed by atoms with Crippen LogP contribution >= 0.6 is 0 Å². The number of hydrogen-bond acceptors (Lipinski definition) is 1. The molecule has 1 saturated carbocycles. The molecule has 46 valence electrons. The maximum absolute atomic E-state index is 8.56. The van der Waals surface area contributed by atoms with Crippen molar-refractivity contribution in [1.29, 1.82) is 0 Å². The van der Waals surface area contributed by atoms with E-state index in [4.69, 9.17) is 11.5 Å². The van der Waals surface area contributed by atoms with E-state index in [0.717, 1.165) is 6.42 Å². The molecule has 1 aliphatic carbocycles. The molecule has 0 amide bonds. The molecule has 0 heterocycles. The molecule has 0 aromatic carbocycles. The Morgan fingerprint density at radius 3 is 2.89 bits per heavy atom. The molecule has 9 heavy (non-hydrogen) atoms. The third-order valence-corrected chi connectivity index (χ3v) is 1.49. The summed E-state index contributed by atoms with van der Waals surface area (Å²) in [7, 11) is 0. The highest BCUT2D eigenvalue weighted by Gasteiger charge is 2.34. The van der Waals surface area contributed by atoms with Crippen molar-refractivity contribution in [3.05, 3.63) is 0 Å². The van der Waals surface area contributed by atoms with Crippen LogP contribution in [0.5, 0.6) is 0 Å². The second kappa shape index (κ2) is 2.58. The molecule has 0 bridgehead atoms. The molecule has 1 fully saturated rings. The lowest BCUT2D eigenvalue weighted by atomic mass is 10.3. The van der Waals surface area contributed by atoms with Gasteiger partial charge < -0.3 is 5.11 Å². The van der Waals surface area contributed by atoms with Gasteiger partial charge in [0.15, 0.2) is 0 Å². The van der Waals surface area contributed by atoms with Crippen LogP contribution in [0.2, 0.25) is 0 Å². The fraction of sp³-hybridized carbons (Fsp3) is 0.500. The van der Waals surface area contributed by atoms with Gasteiger partial charge in [-0.05, 0) is 24.2 Å². The van der Waals surface area contributed by atoms with E-state index in [1.807, 2.05) is 0 Å². The molecule has 0 aliphatic heterocycles. The van der Waals surface area contributed by atoms with Crippen molar-refractivity contribution in [2.24, 2.45) is 11.8 Å². The molecule has 1 heteroatoms. The zero-order chi connectivity index (χ0) is 6.69. The van der Waals surface area contributed by atoms with Gasteiger partial charge in [-0.3, -0.25) is 0 Å². The Morgan fingerprint density at radius 1 is 1.67 bits per heavy atom. The summed E-state index contributed by atoms with van der Waals surface area (Å²) in [6.45, 7) is 0.254. The van der Waals surface area contributed by atoms with E-state index in [1.165, 1.54) is 0 Å². The molecule has 1 rings (SSSR count). The van der Waals surface area contributed by atoms with Gasteiger partial charge in [-0.2, -0.15) is 0 Å². The number of aliphatic hydroxyl groups excluding tert-OH is 1. The molecule has 2 atom stereocenters. The standard InChI is InChI=1S/C8H8O/c1-2-3-4-7-5-8(7)6-9/h1,7-9H,5-6H2. The van der Waals surface area contributed by atoms with Gasteiger partial charge in [-0.1, -0.05) is 5.92 Å². The Morgan fingerprint density at radius 2 is 2.44 bits per heavy atom. The minimum atomic E-state index is 0.254. The topological polar surface area (TPSA) is 20.2 Å². The molecule has 1 nitrogen and oxygen atoms in total. The maximum Gasteiger partial charge on any atom is 0.0471 e. The molecular weight excluding hydrogens is 112 g/mol. The van der Waals surface area contributed by atoms with Gasteiger partial charge in [0, 0.05) is 12.5 Å². The Balaban J connectivity index is 2.29. The summed E-state index contributed by atoms with van der Waals surface area (Å²) in [4.78, 5) is 0. The fourth-order valence-corrected chi connectivity index (χ4v) is 0.761. The van der Waals surface area contributed by atoms with E-state index >= 15 is 0 Å². The first-order valence-electron chi connectivity index (χ1n) is 2.95. The average Bonchev–Trinajstić information content (AvgIpc) is 2.62. The van der Waals surface area contributed by atoms with Crippen LogP contribution in [0, 0.1) is 36.0 Å². The number of aliphatic hydroxyl groups is 1. The summed E-state index contributed by atoms with van der Waals surface area (Å²) in [6, 6.07) is 0. The van der Waals surface area contributed by atoms with Crippen molar-refractivity contribution in [1.82, 2.24) is 0 Å². The third-order valence-electron chi connectivity index (χ3n) is 1.49. The van der Waals surface area contributed by atoms with Crippen LogP contribution in [0.4, 0.5) is 0 Å². The molecule has 2 unspecified atom stereocenters. The van der Waals surface area contributed by atoms with Crippen molar-refractivity contribution >= 4 is 0 Å². The summed E-state index contributed by atoms with van der Waals surface area (Å²) >= 11 is 0. The molecule has 0 saturated heterocycles. The molecule has 0 aromatic rings. The van der Waals surface area contributed by atoms with Gasteiger partial charge in [0.2, 0.25) is 0 Å². The number of terminal acetylenes is 1. The Bertz CT molecular complexity index is 189. The SMILES string of the molecule is C#CC#CC1CC1CO. The molecule has 0 radical (unpaired) electrons. The minimum absolute atomic E-state index is 0.254. The molecular formula is C8H8O. The van der Waals surface area contributed by atoms with E-state index in [2.05, 4.69) is 17.8 Å². The molecule has 0 aromatic heterocycles. The maximum atomic E-state index is 8.56. The van der Waals surface area contributed by atoms with Gasteiger partial charge >= 0.3 is 0 Å². The zero-order valence-electron chi connectivity index (χ0n) is 5.09. The highest BCUT2D eigenvalue weighted by molar-refractivity contribution is 5.25. The van der Waals surface area contributed by atoms with Crippen LogP contribution in [0.15, 0.2) is 0 Å². The van der Waals surface area contributed by atoms with E-state index < -0.39 is 0 Å². The van der Waals surface area contributed by atoms with Crippen LogP contribution in [0.3, 0.4) is 0 Å². The lowest BCUT2D eigenvalue weighted by Gasteiger charge is -1.80. The summed E-state index contributed by atoms with van der Waals surface area (Å²) in [5.41, 5.74) is 0. The quantitative estimate of drug-likeness (QED) is 0.492. The summed E-state index contributed by atoms with van der Waals surface area (Å²) in [6.07, 6.45) is 5.92. The average molecular weight is 120 g/mol. The van der Waals surface area contributed by atoms with Crippen molar-refractivity contribution in [2.45, 2.75) is 6.42 Å². The van der Waals surface area contributed by atoms with Gasteiger partial charge in [0.05, 0.1) is 0 Å². The number of hydrogen-bond donors (Lipinski definition) is 1.